The average Bonchev–Trinajstić information content (AvgIpc) is 2.08. The van der Waals surface area contributed by atoms with Gasteiger partial charge in [-0.15, -0.1) is 0 Å². The lowest BCUT2D eigenvalue weighted by atomic mass is 9.72. The van der Waals surface area contributed by atoms with Gasteiger partial charge in [0.1, 0.15) is 0 Å². The van der Waals surface area contributed by atoms with Crippen LogP contribution in [0.5, 0.6) is 0 Å². The van der Waals surface area contributed by atoms with E-state index in [0.717, 1.165) is 0 Å². The van der Waals surface area contributed by atoms with Crippen molar-refractivity contribution in [3.8, 4) is 0 Å². The second-order valence-electron chi connectivity index (χ2n) is 5.41. The van der Waals surface area contributed by atoms with Crippen molar-refractivity contribution in [3.05, 3.63) is 0 Å². The average molecular weight is 199 g/mol. The summed E-state index contributed by atoms with van der Waals surface area (Å²) in [5, 5.41) is 10.2. The van der Waals surface area contributed by atoms with Crippen LogP contribution < -0.4 is 0 Å². The standard InChI is InChI=1S/C12H25NO/c1-8(2)10-7-6-9(3)12(14)11(10)13(4)5/h8-12,14H,6-7H2,1-5H3. The molecule has 0 saturated heterocycles. The number of likely N-dealkylation sites (N-methyl/N-ethyl adjacent to an activating group) is 1. The SMILES string of the molecule is CC(C)C1CCC(C)C(O)C1N(C)C. The molecule has 1 aliphatic rings. The van der Waals surface area contributed by atoms with Gasteiger partial charge in [0.2, 0.25) is 0 Å². The molecule has 1 aliphatic carbocycles. The zero-order valence-electron chi connectivity index (χ0n) is 10.2. The van der Waals surface area contributed by atoms with Crippen LogP contribution in [0, 0.1) is 17.8 Å². The van der Waals surface area contributed by atoms with E-state index >= 15 is 0 Å². The molecule has 2 nitrogen and oxygen atoms in total. The summed E-state index contributed by atoms with van der Waals surface area (Å²) in [4.78, 5) is 2.20. The topological polar surface area (TPSA) is 23.5 Å². The summed E-state index contributed by atoms with van der Waals surface area (Å²) in [5.41, 5.74) is 0. The fourth-order valence-electron chi connectivity index (χ4n) is 2.80. The molecule has 0 aromatic carbocycles. The van der Waals surface area contributed by atoms with Crippen molar-refractivity contribution < 1.29 is 5.11 Å². The molecule has 84 valence electrons. The Morgan fingerprint density at radius 3 is 2.21 bits per heavy atom. The highest BCUT2D eigenvalue weighted by Gasteiger charge is 2.38. The van der Waals surface area contributed by atoms with Gasteiger partial charge in [-0.1, -0.05) is 20.8 Å². The Labute approximate surface area is 88.3 Å². The summed E-state index contributed by atoms with van der Waals surface area (Å²) in [6.07, 6.45) is 2.29. The number of aliphatic hydroxyl groups excluding tert-OH is 1. The Morgan fingerprint density at radius 2 is 1.79 bits per heavy atom. The van der Waals surface area contributed by atoms with Gasteiger partial charge < -0.3 is 10.0 Å². The largest absolute Gasteiger partial charge is 0.391 e. The summed E-state index contributed by atoms with van der Waals surface area (Å²) in [7, 11) is 4.17. The Balaban J connectivity index is 2.76. The third-order valence-electron chi connectivity index (χ3n) is 3.78. The van der Waals surface area contributed by atoms with Gasteiger partial charge in [-0.25, -0.2) is 0 Å². The molecule has 0 aliphatic heterocycles. The first-order valence-electron chi connectivity index (χ1n) is 5.79. The predicted molar refractivity (Wildman–Crippen MR) is 60.2 cm³/mol. The van der Waals surface area contributed by atoms with E-state index in [1.54, 1.807) is 0 Å². The number of aliphatic hydroxyl groups is 1. The lowest BCUT2D eigenvalue weighted by Gasteiger charge is -2.44. The van der Waals surface area contributed by atoms with E-state index in [1.165, 1.54) is 12.8 Å². The van der Waals surface area contributed by atoms with Crippen molar-refractivity contribution in [2.45, 2.75) is 45.8 Å². The maximum absolute atomic E-state index is 10.2. The molecule has 1 fully saturated rings. The van der Waals surface area contributed by atoms with Crippen LogP contribution in [0.2, 0.25) is 0 Å². The van der Waals surface area contributed by atoms with Gasteiger partial charge in [-0.05, 0) is 44.7 Å². The van der Waals surface area contributed by atoms with Crippen LogP contribution in [0.4, 0.5) is 0 Å². The van der Waals surface area contributed by atoms with E-state index in [9.17, 15) is 5.11 Å². The van der Waals surface area contributed by atoms with Crippen molar-refractivity contribution in [3.63, 3.8) is 0 Å². The minimum atomic E-state index is -0.147. The van der Waals surface area contributed by atoms with Crippen molar-refractivity contribution >= 4 is 0 Å². The molecule has 2 heteroatoms. The summed E-state index contributed by atoms with van der Waals surface area (Å²) >= 11 is 0. The number of rotatable bonds is 2. The van der Waals surface area contributed by atoms with Gasteiger partial charge in [-0.3, -0.25) is 0 Å². The molecule has 0 radical (unpaired) electrons. The van der Waals surface area contributed by atoms with Crippen molar-refractivity contribution in [1.82, 2.24) is 4.90 Å². The molecule has 0 spiro atoms. The molecular weight excluding hydrogens is 174 g/mol. The van der Waals surface area contributed by atoms with E-state index in [4.69, 9.17) is 0 Å². The van der Waals surface area contributed by atoms with Crippen LogP contribution in [-0.2, 0) is 0 Å². The molecule has 14 heavy (non-hydrogen) atoms. The van der Waals surface area contributed by atoms with Crippen molar-refractivity contribution in [2.24, 2.45) is 17.8 Å². The van der Waals surface area contributed by atoms with E-state index < -0.39 is 0 Å². The first-order valence-corrected chi connectivity index (χ1v) is 5.79. The maximum atomic E-state index is 10.2. The van der Waals surface area contributed by atoms with Crippen LogP contribution in [0.3, 0.4) is 0 Å². The highest BCUT2D eigenvalue weighted by molar-refractivity contribution is 4.91. The van der Waals surface area contributed by atoms with E-state index in [0.29, 0.717) is 23.8 Å². The third-order valence-corrected chi connectivity index (χ3v) is 3.78. The third kappa shape index (κ3) is 2.29. The molecule has 4 unspecified atom stereocenters. The number of hydrogen-bond acceptors (Lipinski definition) is 2. The zero-order valence-corrected chi connectivity index (χ0v) is 10.2. The van der Waals surface area contributed by atoms with E-state index in [2.05, 4.69) is 39.8 Å². The van der Waals surface area contributed by atoms with Gasteiger partial charge in [0, 0.05) is 6.04 Å². The molecule has 0 aromatic heterocycles. The number of hydrogen-bond donors (Lipinski definition) is 1. The minimum absolute atomic E-state index is 0.147. The molecular formula is C12H25NO. The minimum Gasteiger partial charge on any atom is -0.391 e. The predicted octanol–water partition coefficient (Wildman–Crippen LogP) is 1.98. The maximum Gasteiger partial charge on any atom is 0.0723 e. The molecule has 1 N–H and O–H groups in total. The van der Waals surface area contributed by atoms with Gasteiger partial charge in [0.05, 0.1) is 6.10 Å². The lowest BCUT2D eigenvalue weighted by Crippen LogP contribution is -2.52. The van der Waals surface area contributed by atoms with Gasteiger partial charge in [-0.2, -0.15) is 0 Å². The molecule has 0 amide bonds. The smallest absolute Gasteiger partial charge is 0.0723 e. The fraction of sp³-hybridized carbons (Fsp3) is 1.00. The Bertz CT molecular complexity index is 179. The van der Waals surface area contributed by atoms with Gasteiger partial charge in [0.25, 0.3) is 0 Å². The summed E-state index contributed by atoms with van der Waals surface area (Å²) in [5.74, 6) is 1.78. The first-order chi connectivity index (χ1) is 6.45. The van der Waals surface area contributed by atoms with Crippen LogP contribution in [-0.4, -0.2) is 36.2 Å². The second kappa shape index (κ2) is 4.63. The van der Waals surface area contributed by atoms with E-state index in [-0.39, 0.29) is 6.10 Å². The second-order valence-corrected chi connectivity index (χ2v) is 5.41. The summed E-state index contributed by atoms with van der Waals surface area (Å²) < 4.78 is 0. The lowest BCUT2D eigenvalue weighted by molar-refractivity contribution is -0.0378. The number of nitrogens with zero attached hydrogens (tertiary/aromatic N) is 1. The van der Waals surface area contributed by atoms with Crippen LogP contribution in [0.1, 0.15) is 33.6 Å². The Kier molecular flexibility index (Phi) is 3.96. The van der Waals surface area contributed by atoms with Crippen LogP contribution >= 0.6 is 0 Å². The Morgan fingerprint density at radius 1 is 1.21 bits per heavy atom. The van der Waals surface area contributed by atoms with Crippen molar-refractivity contribution in [1.29, 1.82) is 0 Å². The Hall–Kier alpha value is -0.0800. The summed E-state index contributed by atoms with van der Waals surface area (Å²) in [6.45, 7) is 6.70. The van der Waals surface area contributed by atoms with Gasteiger partial charge >= 0.3 is 0 Å². The van der Waals surface area contributed by atoms with Crippen LogP contribution in [0.15, 0.2) is 0 Å². The first kappa shape index (κ1) is 12.0. The molecule has 4 atom stereocenters. The van der Waals surface area contributed by atoms with E-state index in [1.807, 2.05) is 0 Å². The normalized spacial score (nSPS) is 39.4. The molecule has 0 heterocycles. The monoisotopic (exact) mass is 199 g/mol. The zero-order chi connectivity index (χ0) is 10.9. The highest BCUT2D eigenvalue weighted by atomic mass is 16.3. The molecule has 1 saturated carbocycles. The quantitative estimate of drug-likeness (QED) is 0.735. The molecule has 0 bridgehead atoms. The molecule has 0 aromatic rings. The van der Waals surface area contributed by atoms with Crippen LogP contribution in [0.25, 0.3) is 0 Å². The van der Waals surface area contributed by atoms with Gasteiger partial charge in [0.15, 0.2) is 0 Å². The summed E-state index contributed by atoms with van der Waals surface area (Å²) in [6, 6.07) is 0.346. The fourth-order valence-corrected chi connectivity index (χ4v) is 2.80. The molecule has 1 rings (SSSR count). The highest BCUT2D eigenvalue weighted by Crippen LogP contribution is 2.35. The van der Waals surface area contributed by atoms with Crippen molar-refractivity contribution in [2.75, 3.05) is 14.1 Å².